The molecule has 0 atom stereocenters. The summed E-state index contributed by atoms with van der Waals surface area (Å²) in [6.45, 7) is 2.74. The van der Waals surface area contributed by atoms with Crippen LogP contribution >= 0.6 is 0 Å². The normalized spacial score (nSPS) is 10.1. The van der Waals surface area contributed by atoms with Gasteiger partial charge in [-0.05, 0) is 32.1 Å². The molecule has 0 unspecified atom stereocenters. The molecule has 0 radical (unpaired) electrons. The fraction of sp³-hybridized carbons (Fsp3) is 0.792. The first-order chi connectivity index (χ1) is 17.0. The zero-order chi connectivity index (χ0) is 28.1. The number of rotatable bonds is 20. The first-order valence-electron chi connectivity index (χ1n) is 12.7. The number of unbranched alkanes of at least 4 members (excludes halogenated alkanes) is 11. The van der Waals surface area contributed by atoms with Crippen molar-refractivity contribution >= 4 is 28.2 Å². The van der Waals surface area contributed by atoms with Crippen molar-refractivity contribution in [3.8, 4) is 0 Å². The molecule has 1 amide bonds. The topological polar surface area (TPSA) is 207 Å². The number of carbonyl (C=O) groups is 3. The molecule has 0 spiro atoms. The van der Waals surface area contributed by atoms with Crippen LogP contribution in [0.4, 0.5) is 0 Å². The summed E-state index contributed by atoms with van der Waals surface area (Å²) in [5.41, 5.74) is 9.88. The molecule has 0 saturated carbocycles. The minimum Gasteiger partial charge on any atom is -1.00 e. The van der Waals surface area contributed by atoms with Crippen LogP contribution in [-0.4, -0.2) is 54.2 Å². The van der Waals surface area contributed by atoms with Crippen molar-refractivity contribution in [3.05, 3.63) is 12.2 Å². The van der Waals surface area contributed by atoms with Crippen molar-refractivity contribution in [3.63, 3.8) is 0 Å². The quantitative estimate of drug-likeness (QED) is 0.0452. The van der Waals surface area contributed by atoms with Crippen molar-refractivity contribution in [1.29, 1.82) is 0 Å². The number of carbonyl (C=O) groups excluding carboxylic acids is 2. The minimum atomic E-state index is -4.81. The number of primary amides is 1. The summed E-state index contributed by atoms with van der Waals surface area (Å²) in [7, 11) is -4.81. The van der Waals surface area contributed by atoms with E-state index in [9.17, 15) is 22.8 Å². The second kappa shape index (κ2) is 37.0. The Bertz CT molecular complexity index is 689. The molecule has 218 valence electrons. The van der Waals surface area contributed by atoms with E-state index in [1.807, 2.05) is 0 Å². The number of aliphatic hydroxyl groups is 1. The molecular formula is C24H50N2Na2O9S. The van der Waals surface area contributed by atoms with Gasteiger partial charge in [0.05, 0.1) is 19.4 Å². The van der Waals surface area contributed by atoms with Gasteiger partial charge in [0.2, 0.25) is 5.91 Å². The predicted molar refractivity (Wildman–Crippen MR) is 142 cm³/mol. The monoisotopic (exact) mass is 588 g/mol. The van der Waals surface area contributed by atoms with E-state index in [-0.39, 0.29) is 74.5 Å². The summed E-state index contributed by atoms with van der Waals surface area (Å²) in [6.07, 6.45) is 20.8. The Morgan fingerprint density at radius 2 is 1.24 bits per heavy atom. The molecule has 0 aliphatic rings. The van der Waals surface area contributed by atoms with Gasteiger partial charge in [-0.15, -0.1) is 0 Å². The van der Waals surface area contributed by atoms with Crippen LogP contribution in [0.25, 0.3) is 0 Å². The van der Waals surface area contributed by atoms with Crippen LogP contribution < -0.4 is 70.6 Å². The smallest absolute Gasteiger partial charge is 1.00 e. The minimum absolute atomic E-state index is 0. The SMILES string of the molecule is CCCCCCCC/C=C\CCCCCCCC(N)=O.NCCO.O=C(O)CCC(=O)OS(=O)(=O)O.[H-].[H-].[Na+].[Na+]. The van der Waals surface area contributed by atoms with E-state index in [1.165, 1.54) is 70.6 Å². The molecule has 0 rings (SSSR count). The van der Waals surface area contributed by atoms with E-state index in [0.29, 0.717) is 13.0 Å². The van der Waals surface area contributed by atoms with E-state index in [4.69, 9.17) is 26.2 Å². The van der Waals surface area contributed by atoms with Gasteiger partial charge in [0.1, 0.15) is 0 Å². The fourth-order valence-electron chi connectivity index (χ4n) is 2.74. The summed E-state index contributed by atoms with van der Waals surface area (Å²) in [5.74, 6) is -2.73. The largest absolute Gasteiger partial charge is 1.00 e. The zero-order valence-electron chi connectivity index (χ0n) is 25.7. The van der Waals surface area contributed by atoms with E-state index >= 15 is 0 Å². The maximum absolute atomic E-state index is 10.5. The van der Waals surface area contributed by atoms with Crippen LogP contribution in [0.1, 0.15) is 113 Å². The van der Waals surface area contributed by atoms with Gasteiger partial charge in [0, 0.05) is 13.0 Å². The van der Waals surface area contributed by atoms with Crippen LogP contribution in [-0.2, 0) is 29.0 Å². The summed E-state index contributed by atoms with van der Waals surface area (Å²) in [6, 6.07) is 0. The van der Waals surface area contributed by atoms with Gasteiger partial charge in [0.15, 0.2) is 0 Å². The molecule has 0 bridgehead atoms. The molecule has 0 saturated heterocycles. The average molecular weight is 589 g/mol. The number of allylic oxidation sites excluding steroid dienone is 2. The second-order valence-corrected chi connectivity index (χ2v) is 9.11. The molecule has 0 heterocycles. The van der Waals surface area contributed by atoms with E-state index in [0.717, 1.165) is 12.8 Å². The van der Waals surface area contributed by atoms with Crippen LogP contribution in [0.3, 0.4) is 0 Å². The zero-order valence-corrected chi connectivity index (χ0v) is 28.6. The van der Waals surface area contributed by atoms with Gasteiger partial charge in [-0.25, -0.2) is 0 Å². The van der Waals surface area contributed by atoms with E-state index in [1.54, 1.807) is 0 Å². The van der Waals surface area contributed by atoms with Gasteiger partial charge in [-0.1, -0.05) is 70.4 Å². The summed E-state index contributed by atoms with van der Waals surface area (Å²) in [4.78, 5) is 30.7. The van der Waals surface area contributed by atoms with E-state index < -0.39 is 35.2 Å². The molecule has 7 N–H and O–H groups in total. The number of aliphatic hydroxyl groups excluding tert-OH is 1. The summed E-state index contributed by atoms with van der Waals surface area (Å²) < 4.78 is 31.1. The van der Waals surface area contributed by atoms with Crippen molar-refractivity contribution < 1.29 is 104 Å². The van der Waals surface area contributed by atoms with Gasteiger partial charge in [-0.2, -0.15) is 8.42 Å². The molecule has 11 nitrogen and oxygen atoms in total. The van der Waals surface area contributed by atoms with Crippen LogP contribution in [0.2, 0.25) is 0 Å². The molecule has 38 heavy (non-hydrogen) atoms. The molecule has 0 aromatic rings. The number of carboxylic acid groups (broad SMARTS) is 1. The average Bonchev–Trinajstić information content (AvgIpc) is 2.79. The maximum atomic E-state index is 10.5. The summed E-state index contributed by atoms with van der Waals surface area (Å²) in [5, 5.41) is 15.8. The molecule has 14 heteroatoms. The van der Waals surface area contributed by atoms with Crippen LogP contribution in [0.15, 0.2) is 12.2 Å². The van der Waals surface area contributed by atoms with E-state index in [2.05, 4.69) is 23.3 Å². The van der Waals surface area contributed by atoms with Gasteiger partial charge >= 0.3 is 81.5 Å². The predicted octanol–water partition coefficient (Wildman–Crippen LogP) is -2.12. The number of carboxylic acids is 1. The fourth-order valence-corrected chi connectivity index (χ4v) is 3.06. The third kappa shape index (κ3) is 56.2. The third-order valence-corrected chi connectivity index (χ3v) is 4.95. The summed E-state index contributed by atoms with van der Waals surface area (Å²) >= 11 is 0. The number of aliphatic carboxylic acids is 1. The van der Waals surface area contributed by atoms with Gasteiger partial charge in [-0.3, -0.25) is 18.9 Å². The Hall–Kier alpha value is -0.0200. The molecule has 0 aromatic heterocycles. The van der Waals surface area contributed by atoms with Crippen molar-refractivity contribution in [1.82, 2.24) is 0 Å². The van der Waals surface area contributed by atoms with Crippen LogP contribution in [0, 0.1) is 0 Å². The standard InChI is InChI=1S/C18H35NO.C4H6O7S.C2H7NO.2Na.2H/c1-2-3-4-5-6-7-8-9-10-11-12-13-14-15-16-17-18(19)20;5-3(6)1-2-4(7)11-12(8,9)10;3-1-2-4;;;;/h9-10H,2-8,11-17H2,1H3,(H2,19,20);1-2H2,(H,5,6)(H,8,9,10);4H,1-3H2;;;;/q;;;2*+1;2*-1/b10-9-;;;;;;. The maximum Gasteiger partial charge on any atom is 1.00 e. The molecule has 0 aliphatic heterocycles. The third-order valence-electron chi connectivity index (χ3n) is 4.56. The van der Waals surface area contributed by atoms with Gasteiger partial charge < -0.3 is 28.7 Å². The molecular weight excluding hydrogens is 538 g/mol. The number of hydrogen-bond acceptors (Lipinski definition) is 8. The molecule has 0 aromatic carbocycles. The number of nitrogens with two attached hydrogens (primary N) is 2. The Labute approximate surface area is 276 Å². The number of amides is 1. The first-order valence-corrected chi connectivity index (χ1v) is 14.0. The Morgan fingerprint density at radius 3 is 1.61 bits per heavy atom. The van der Waals surface area contributed by atoms with Crippen LogP contribution in [0.5, 0.6) is 0 Å². The first kappa shape index (κ1) is 47.8. The number of hydrogen-bond donors (Lipinski definition) is 5. The Kier molecular flexibility index (Phi) is 46.5. The second-order valence-electron chi connectivity index (χ2n) is 8.09. The van der Waals surface area contributed by atoms with Crippen molar-refractivity contribution in [2.75, 3.05) is 13.2 Å². The van der Waals surface area contributed by atoms with Crippen molar-refractivity contribution in [2.24, 2.45) is 11.5 Å². The molecule has 0 fully saturated rings. The molecule has 0 aliphatic carbocycles. The Balaban J connectivity index is -0.0000000941. The Morgan fingerprint density at radius 1 is 0.816 bits per heavy atom. The van der Waals surface area contributed by atoms with Gasteiger partial charge in [0.25, 0.3) is 0 Å². The van der Waals surface area contributed by atoms with Crippen molar-refractivity contribution in [2.45, 2.75) is 110 Å².